The van der Waals surface area contributed by atoms with Crippen molar-refractivity contribution in [2.75, 3.05) is 0 Å². The van der Waals surface area contributed by atoms with Crippen molar-refractivity contribution < 1.29 is 4.39 Å². The van der Waals surface area contributed by atoms with Crippen molar-refractivity contribution in [1.29, 1.82) is 0 Å². The van der Waals surface area contributed by atoms with Crippen LogP contribution in [0.25, 0.3) is 0 Å². The van der Waals surface area contributed by atoms with E-state index in [-0.39, 0.29) is 5.82 Å². The zero-order valence-electron chi connectivity index (χ0n) is 10.6. The van der Waals surface area contributed by atoms with Crippen LogP contribution in [0, 0.1) is 5.82 Å². The summed E-state index contributed by atoms with van der Waals surface area (Å²) in [4.78, 5) is 0. The van der Waals surface area contributed by atoms with Crippen LogP contribution in [0.1, 0.15) is 30.6 Å². The summed E-state index contributed by atoms with van der Waals surface area (Å²) in [6.07, 6.45) is 2.65. The lowest BCUT2D eigenvalue weighted by molar-refractivity contribution is 0.501. The van der Waals surface area contributed by atoms with E-state index in [1.54, 1.807) is 24.4 Å². The van der Waals surface area contributed by atoms with E-state index in [1.165, 1.54) is 0 Å². The van der Waals surface area contributed by atoms with E-state index in [0.29, 0.717) is 10.0 Å². The average molecular weight is 327 g/mol. The van der Waals surface area contributed by atoms with Crippen LogP contribution in [0.4, 0.5) is 4.39 Å². The second-order valence-electron chi connectivity index (χ2n) is 4.22. The SMILES string of the molecule is CCCn1nccc1C(NN)c1cccc(Br)c1F. The Morgan fingerprint density at radius 2 is 2.26 bits per heavy atom. The van der Waals surface area contributed by atoms with Gasteiger partial charge in [0.05, 0.1) is 16.2 Å². The molecule has 1 unspecified atom stereocenters. The van der Waals surface area contributed by atoms with Gasteiger partial charge >= 0.3 is 0 Å². The summed E-state index contributed by atoms with van der Waals surface area (Å²) in [5, 5.41) is 4.24. The Morgan fingerprint density at radius 1 is 1.47 bits per heavy atom. The van der Waals surface area contributed by atoms with Gasteiger partial charge in [0.25, 0.3) is 0 Å². The van der Waals surface area contributed by atoms with Crippen LogP contribution in [0.2, 0.25) is 0 Å². The van der Waals surface area contributed by atoms with E-state index in [0.717, 1.165) is 18.7 Å². The fourth-order valence-corrected chi connectivity index (χ4v) is 2.45. The Kier molecular flexibility index (Phi) is 4.68. The molecule has 0 bridgehead atoms. The third kappa shape index (κ3) is 2.86. The van der Waals surface area contributed by atoms with E-state index < -0.39 is 6.04 Å². The van der Waals surface area contributed by atoms with Gasteiger partial charge in [0, 0.05) is 18.3 Å². The Hall–Kier alpha value is -1.24. The number of rotatable bonds is 5. The molecule has 0 aliphatic carbocycles. The van der Waals surface area contributed by atoms with Gasteiger partial charge in [0.2, 0.25) is 0 Å². The van der Waals surface area contributed by atoms with Gasteiger partial charge in [-0.25, -0.2) is 9.82 Å². The molecule has 0 saturated heterocycles. The molecular weight excluding hydrogens is 311 g/mol. The minimum atomic E-state index is -0.424. The zero-order chi connectivity index (χ0) is 13.8. The summed E-state index contributed by atoms with van der Waals surface area (Å²) in [5.41, 5.74) is 4.01. The standard InChI is InChI=1S/C13H16BrFN4/c1-2-8-19-11(6-7-17-19)13(18-16)9-4-3-5-10(14)12(9)15/h3-7,13,18H,2,8,16H2,1H3. The molecule has 1 heterocycles. The number of hydrazine groups is 1. The van der Waals surface area contributed by atoms with Crippen LogP contribution in [-0.2, 0) is 6.54 Å². The van der Waals surface area contributed by atoms with Gasteiger partial charge in [0.1, 0.15) is 5.82 Å². The van der Waals surface area contributed by atoms with E-state index >= 15 is 0 Å². The number of hydrogen-bond donors (Lipinski definition) is 2. The van der Waals surface area contributed by atoms with Gasteiger partial charge in [-0.05, 0) is 34.5 Å². The first-order chi connectivity index (χ1) is 9.19. The Balaban J connectivity index is 2.44. The van der Waals surface area contributed by atoms with E-state index in [1.807, 2.05) is 10.7 Å². The highest BCUT2D eigenvalue weighted by molar-refractivity contribution is 9.10. The van der Waals surface area contributed by atoms with Crippen molar-refractivity contribution in [2.24, 2.45) is 5.84 Å². The number of nitrogens with one attached hydrogen (secondary N) is 1. The fourth-order valence-electron chi connectivity index (χ4n) is 2.06. The quantitative estimate of drug-likeness (QED) is 0.656. The summed E-state index contributed by atoms with van der Waals surface area (Å²) in [7, 11) is 0. The second kappa shape index (κ2) is 6.27. The first-order valence-corrected chi connectivity index (χ1v) is 6.90. The Morgan fingerprint density at radius 3 is 2.95 bits per heavy atom. The molecule has 1 aromatic carbocycles. The number of halogens is 2. The van der Waals surface area contributed by atoms with Gasteiger partial charge in [-0.3, -0.25) is 10.5 Å². The molecule has 6 heteroatoms. The van der Waals surface area contributed by atoms with Crippen molar-refractivity contribution in [2.45, 2.75) is 25.9 Å². The van der Waals surface area contributed by atoms with E-state index in [2.05, 4.69) is 33.4 Å². The van der Waals surface area contributed by atoms with Crippen molar-refractivity contribution in [1.82, 2.24) is 15.2 Å². The molecule has 19 heavy (non-hydrogen) atoms. The van der Waals surface area contributed by atoms with E-state index in [4.69, 9.17) is 5.84 Å². The molecule has 0 aliphatic heterocycles. The van der Waals surface area contributed by atoms with Crippen LogP contribution in [0.3, 0.4) is 0 Å². The molecule has 0 spiro atoms. The lowest BCUT2D eigenvalue weighted by Gasteiger charge is -2.19. The molecule has 1 atom stereocenters. The zero-order valence-corrected chi connectivity index (χ0v) is 12.2. The van der Waals surface area contributed by atoms with Crippen LogP contribution in [0.5, 0.6) is 0 Å². The smallest absolute Gasteiger partial charge is 0.142 e. The lowest BCUT2D eigenvalue weighted by Crippen LogP contribution is -2.31. The normalized spacial score (nSPS) is 12.6. The maximum Gasteiger partial charge on any atom is 0.142 e. The van der Waals surface area contributed by atoms with Crippen LogP contribution >= 0.6 is 15.9 Å². The molecule has 0 aliphatic rings. The molecule has 1 aromatic heterocycles. The predicted octanol–water partition coefficient (Wildman–Crippen LogP) is 2.75. The van der Waals surface area contributed by atoms with Crippen LogP contribution in [-0.4, -0.2) is 9.78 Å². The van der Waals surface area contributed by atoms with Gasteiger partial charge in [-0.1, -0.05) is 19.1 Å². The number of nitrogens with zero attached hydrogens (tertiary/aromatic N) is 2. The Labute approximate surface area is 119 Å². The predicted molar refractivity (Wildman–Crippen MR) is 75.8 cm³/mol. The molecule has 102 valence electrons. The van der Waals surface area contributed by atoms with Crippen molar-refractivity contribution in [3.8, 4) is 0 Å². The number of aromatic nitrogens is 2. The largest absolute Gasteiger partial charge is 0.271 e. The highest BCUT2D eigenvalue weighted by Crippen LogP contribution is 2.27. The van der Waals surface area contributed by atoms with Crippen molar-refractivity contribution >= 4 is 15.9 Å². The minimum Gasteiger partial charge on any atom is -0.271 e. The topological polar surface area (TPSA) is 55.9 Å². The van der Waals surface area contributed by atoms with Crippen molar-refractivity contribution in [3.05, 3.63) is 52.0 Å². The summed E-state index contributed by atoms with van der Waals surface area (Å²) < 4.78 is 16.4. The molecular formula is C13H16BrFN4. The van der Waals surface area contributed by atoms with E-state index in [9.17, 15) is 4.39 Å². The maximum absolute atomic E-state index is 14.2. The number of hydrogen-bond acceptors (Lipinski definition) is 3. The summed E-state index contributed by atoms with van der Waals surface area (Å²) >= 11 is 3.19. The molecule has 2 rings (SSSR count). The number of nitrogens with two attached hydrogens (primary N) is 1. The lowest BCUT2D eigenvalue weighted by atomic mass is 10.0. The molecule has 0 saturated carbocycles. The number of benzene rings is 1. The molecule has 0 amide bonds. The molecule has 0 radical (unpaired) electrons. The van der Waals surface area contributed by atoms with Gasteiger partial charge in [0.15, 0.2) is 0 Å². The fraction of sp³-hybridized carbons (Fsp3) is 0.308. The summed E-state index contributed by atoms with van der Waals surface area (Å²) in [6, 6.07) is 6.59. The minimum absolute atomic E-state index is 0.310. The molecule has 4 nitrogen and oxygen atoms in total. The number of aryl methyl sites for hydroxylation is 1. The van der Waals surface area contributed by atoms with Gasteiger partial charge in [-0.2, -0.15) is 5.10 Å². The second-order valence-corrected chi connectivity index (χ2v) is 5.08. The summed E-state index contributed by atoms with van der Waals surface area (Å²) in [6.45, 7) is 2.84. The third-order valence-electron chi connectivity index (χ3n) is 2.94. The van der Waals surface area contributed by atoms with Crippen LogP contribution in [0.15, 0.2) is 34.9 Å². The van der Waals surface area contributed by atoms with Gasteiger partial charge < -0.3 is 0 Å². The summed E-state index contributed by atoms with van der Waals surface area (Å²) in [5.74, 6) is 5.30. The van der Waals surface area contributed by atoms with Crippen molar-refractivity contribution in [3.63, 3.8) is 0 Å². The highest BCUT2D eigenvalue weighted by Gasteiger charge is 2.21. The first kappa shape index (κ1) is 14.2. The van der Waals surface area contributed by atoms with Crippen LogP contribution < -0.4 is 11.3 Å². The average Bonchev–Trinajstić information content (AvgIpc) is 2.84. The molecule has 0 fully saturated rings. The highest BCUT2D eigenvalue weighted by atomic mass is 79.9. The van der Waals surface area contributed by atoms with Gasteiger partial charge in [-0.15, -0.1) is 0 Å². The Bertz CT molecular complexity index is 555. The monoisotopic (exact) mass is 326 g/mol. The first-order valence-electron chi connectivity index (χ1n) is 6.10. The molecule has 2 aromatic rings. The molecule has 3 N–H and O–H groups in total. The maximum atomic E-state index is 14.2. The third-order valence-corrected chi connectivity index (χ3v) is 3.55.